The van der Waals surface area contributed by atoms with Crippen LogP contribution in [-0.4, -0.2) is 55.0 Å². The third-order valence-corrected chi connectivity index (χ3v) is 4.96. The second kappa shape index (κ2) is 8.54. The Hall–Kier alpha value is -2.08. The minimum absolute atomic E-state index is 0.00863. The zero-order valence-corrected chi connectivity index (χ0v) is 15.9. The highest BCUT2D eigenvalue weighted by Crippen LogP contribution is 2.29. The molecule has 0 spiro atoms. The van der Waals surface area contributed by atoms with E-state index in [1.165, 1.54) is 0 Å². The molecule has 1 N–H and O–H groups in total. The largest absolute Gasteiger partial charge is 0.456 e. The number of para-hydroxylation sites is 1. The number of rotatable bonds is 5. The van der Waals surface area contributed by atoms with Crippen molar-refractivity contribution in [2.45, 2.75) is 13.0 Å². The summed E-state index contributed by atoms with van der Waals surface area (Å²) in [5.41, 5.74) is 0.752. The van der Waals surface area contributed by atoms with Crippen molar-refractivity contribution in [1.82, 2.24) is 9.80 Å². The molecule has 0 aliphatic carbocycles. The predicted octanol–water partition coefficient (Wildman–Crippen LogP) is 3.71. The number of carbonyl (C=O) groups is 1. The van der Waals surface area contributed by atoms with Crippen molar-refractivity contribution in [2.24, 2.45) is 0 Å². The fraction of sp³-hybridized carbons (Fsp3) is 0.350. The summed E-state index contributed by atoms with van der Waals surface area (Å²) < 4.78 is 5.76. The zero-order chi connectivity index (χ0) is 18.5. The molecule has 0 saturated carbocycles. The molecule has 2 aromatic rings. The Balaban J connectivity index is 1.57. The van der Waals surface area contributed by atoms with Crippen molar-refractivity contribution in [3.8, 4) is 11.5 Å². The molecule has 5 nitrogen and oxygen atoms in total. The topological polar surface area (TPSA) is 44.8 Å². The molecule has 1 unspecified atom stereocenters. The van der Waals surface area contributed by atoms with Gasteiger partial charge in [0.1, 0.15) is 11.5 Å². The van der Waals surface area contributed by atoms with E-state index in [1.54, 1.807) is 6.07 Å². The van der Waals surface area contributed by atoms with Crippen LogP contribution in [0, 0.1) is 0 Å². The van der Waals surface area contributed by atoms with Crippen LogP contribution in [0.4, 0.5) is 5.69 Å². The van der Waals surface area contributed by atoms with Crippen LogP contribution in [0.15, 0.2) is 48.5 Å². The van der Waals surface area contributed by atoms with Crippen LogP contribution >= 0.6 is 11.6 Å². The summed E-state index contributed by atoms with van der Waals surface area (Å²) in [6, 6.07) is 14.5. The van der Waals surface area contributed by atoms with Gasteiger partial charge in [-0.15, -0.1) is 0 Å². The third-order valence-electron chi connectivity index (χ3n) is 4.65. The lowest BCUT2D eigenvalue weighted by atomic mass is 10.2. The summed E-state index contributed by atoms with van der Waals surface area (Å²) in [7, 11) is 2.11. The average Bonchev–Trinajstić information content (AvgIpc) is 2.65. The fourth-order valence-corrected chi connectivity index (χ4v) is 3.06. The maximum Gasteiger partial charge on any atom is 0.241 e. The molecule has 3 rings (SSSR count). The van der Waals surface area contributed by atoms with Gasteiger partial charge in [0.2, 0.25) is 5.91 Å². The normalized spacial score (nSPS) is 16.9. The van der Waals surface area contributed by atoms with Crippen LogP contribution < -0.4 is 10.1 Å². The van der Waals surface area contributed by atoms with Crippen LogP contribution in [0.3, 0.4) is 0 Å². The lowest BCUT2D eigenvalue weighted by Crippen LogP contribution is -2.51. The zero-order valence-electron chi connectivity index (χ0n) is 15.1. The summed E-state index contributed by atoms with van der Waals surface area (Å²) in [6.07, 6.45) is 0. The van der Waals surface area contributed by atoms with E-state index in [9.17, 15) is 4.79 Å². The Morgan fingerprint density at radius 3 is 2.38 bits per heavy atom. The standard InChI is InChI=1S/C20H24ClN3O2/c1-15(24-13-11-23(2)12-14-24)20(25)22-16-7-9-17(10-8-16)26-19-6-4-3-5-18(19)21/h3-10,15H,11-14H2,1-2H3,(H,22,25). The molecule has 1 atom stereocenters. The minimum Gasteiger partial charge on any atom is -0.456 e. The van der Waals surface area contributed by atoms with Gasteiger partial charge >= 0.3 is 0 Å². The highest BCUT2D eigenvalue weighted by molar-refractivity contribution is 6.32. The Bertz CT molecular complexity index is 743. The van der Waals surface area contributed by atoms with Crippen LogP contribution in [0.25, 0.3) is 0 Å². The molecule has 2 aromatic carbocycles. The summed E-state index contributed by atoms with van der Waals surface area (Å²) in [4.78, 5) is 17.0. The summed E-state index contributed by atoms with van der Waals surface area (Å²) in [6.45, 7) is 5.76. The number of amides is 1. The van der Waals surface area contributed by atoms with Crippen molar-refractivity contribution >= 4 is 23.2 Å². The van der Waals surface area contributed by atoms with Crippen LogP contribution in [0.2, 0.25) is 5.02 Å². The van der Waals surface area contributed by atoms with E-state index in [0.29, 0.717) is 16.5 Å². The number of hydrogen-bond donors (Lipinski definition) is 1. The van der Waals surface area contributed by atoms with Gasteiger partial charge in [-0.3, -0.25) is 9.69 Å². The molecule has 1 heterocycles. The van der Waals surface area contributed by atoms with Gasteiger partial charge in [0.05, 0.1) is 11.1 Å². The first-order valence-corrected chi connectivity index (χ1v) is 9.16. The number of likely N-dealkylation sites (N-methyl/N-ethyl adjacent to an activating group) is 1. The molecule has 6 heteroatoms. The number of anilines is 1. The van der Waals surface area contributed by atoms with Crippen molar-refractivity contribution < 1.29 is 9.53 Å². The smallest absolute Gasteiger partial charge is 0.241 e. The number of ether oxygens (including phenoxy) is 1. The third kappa shape index (κ3) is 4.75. The van der Waals surface area contributed by atoms with Gasteiger partial charge < -0.3 is 15.0 Å². The highest BCUT2D eigenvalue weighted by atomic mass is 35.5. The van der Waals surface area contributed by atoms with Crippen LogP contribution in [0.1, 0.15) is 6.92 Å². The van der Waals surface area contributed by atoms with E-state index in [2.05, 4.69) is 22.2 Å². The van der Waals surface area contributed by atoms with Gasteiger partial charge in [0.25, 0.3) is 0 Å². The SMILES string of the molecule is CC(C(=O)Nc1ccc(Oc2ccccc2Cl)cc1)N1CCN(C)CC1. The first-order chi connectivity index (χ1) is 12.5. The molecular formula is C20H24ClN3O2. The Kier molecular flexibility index (Phi) is 6.14. The van der Waals surface area contributed by atoms with Gasteiger partial charge in [0, 0.05) is 31.9 Å². The lowest BCUT2D eigenvalue weighted by Gasteiger charge is -2.35. The molecule has 1 saturated heterocycles. The van der Waals surface area contributed by atoms with E-state index in [-0.39, 0.29) is 11.9 Å². The number of nitrogens with zero attached hydrogens (tertiary/aromatic N) is 2. The summed E-state index contributed by atoms with van der Waals surface area (Å²) in [5.74, 6) is 1.28. The fourth-order valence-electron chi connectivity index (χ4n) is 2.88. The summed E-state index contributed by atoms with van der Waals surface area (Å²) in [5, 5.41) is 3.54. The van der Waals surface area contributed by atoms with E-state index < -0.39 is 0 Å². The van der Waals surface area contributed by atoms with E-state index in [4.69, 9.17) is 16.3 Å². The van der Waals surface area contributed by atoms with Gasteiger partial charge in [-0.05, 0) is 50.4 Å². The van der Waals surface area contributed by atoms with Crippen molar-refractivity contribution in [1.29, 1.82) is 0 Å². The predicted molar refractivity (Wildman–Crippen MR) is 105 cm³/mol. The van der Waals surface area contributed by atoms with E-state index in [1.807, 2.05) is 49.4 Å². The number of benzene rings is 2. The number of hydrogen-bond acceptors (Lipinski definition) is 4. The van der Waals surface area contributed by atoms with Gasteiger partial charge in [-0.2, -0.15) is 0 Å². The number of piperazine rings is 1. The maximum absolute atomic E-state index is 12.5. The Labute approximate surface area is 159 Å². The molecule has 0 bridgehead atoms. The lowest BCUT2D eigenvalue weighted by molar-refractivity contribution is -0.121. The minimum atomic E-state index is -0.150. The highest BCUT2D eigenvalue weighted by Gasteiger charge is 2.24. The Morgan fingerprint density at radius 2 is 1.73 bits per heavy atom. The number of nitrogens with one attached hydrogen (secondary N) is 1. The molecule has 0 aromatic heterocycles. The number of halogens is 1. The van der Waals surface area contributed by atoms with Crippen molar-refractivity contribution in [2.75, 3.05) is 38.5 Å². The quantitative estimate of drug-likeness (QED) is 0.867. The maximum atomic E-state index is 12.5. The van der Waals surface area contributed by atoms with Crippen molar-refractivity contribution in [3.05, 3.63) is 53.6 Å². The molecule has 1 aliphatic heterocycles. The van der Waals surface area contributed by atoms with Crippen LogP contribution in [0.5, 0.6) is 11.5 Å². The van der Waals surface area contributed by atoms with Crippen LogP contribution in [-0.2, 0) is 4.79 Å². The molecule has 1 amide bonds. The number of carbonyl (C=O) groups excluding carboxylic acids is 1. The van der Waals surface area contributed by atoms with Gasteiger partial charge in [0.15, 0.2) is 0 Å². The van der Waals surface area contributed by atoms with E-state index >= 15 is 0 Å². The monoisotopic (exact) mass is 373 g/mol. The summed E-state index contributed by atoms with van der Waals surface area (Å²) >= 11 is 6.10. The second-order valence-electron chi connectivity index (χ2n) is 6.56. The second-order valence-corrected chi connectivity index (χ2v) is 6.97. The molecule has 138 valence electrons. The first kappa shape index (κ1) is 18.7. The molecule has 26 heavy (non-hydrogen) atoms. The molecule has 1 fully saturated rings. The Morgan fingerprint density at radius 1 is 1.08 bits per heavy atom. The van der Waals surface area contributed by atoms with Crippen molar-refractivity contribution in [3.63, 3.8) is 0 Å². The van der Waals surface area contributed by atoms with E-state index in [0.717, 1.165) is 31.9 Å². The molecule has 1 aliphatic rings. The van der Waals surface area contributed by atoms with Gasteiger partial charge in [-0.25, -0.2) is 0 Å². The van der Waals surface area contributed by atoms with Gasteiger partial charge in [-0.1, -0.05) is 23.7 Å². The molecule has 0 radical (unpaired) electrons. The average molecular weight is 374 g/mol. The first-order valence-electron chi connectivity index (χ1n) is 8.79. The molecular weight excluding hydrogens is 350 g/mol.